The molecule has 13 rings (SSSR count). The van der Waals surface area contributed by atoms with Gasteiger partial charge in [-0.15, -0.1) is 0 Å². The number of ether oxygens (including phenoxy) is 1. The van der Waals surface area contributed by atoms with Gasteiger partial charge in [0.25, 0.3) is 23.6 Å². The first-order valence-electron chi connectivity index (χ1n) is 29.2. The molecule has 9 fully saturated rings. The minimum absolute atomic E-state index is 0.00116. The summed E-state index contributed by atoms with van der Waals surface area (Å²) in [7, 11) is 14.9. The fourth-order valence-corrected chi connectivity index (χ4v) is 11.6. The molecule has 5 unspecified atom stereocenters. The van der Waals surface area contributed by atoms with Crippen LogP contribution in [-0.2, 0) is 57.5 Å². The van der Waals surface area contributed by atoms with Crippen molar-refractivity contribution in [1.82, 2.24) is 49.4 Å². The first-order valence-corrected chi connectivity index (χ1v) is 29.2. The number of benzene rings is 1. The lowest BCUT2D eigenvalue weighted by Gasteiger charge is -2.46. The Morgan fingerprint density at radius 1 is 0.477 bits per heavy atom. The number of nitrogens with one attached hydrogen (secondary N) is 1. The van der Waals surface area contributed by atoms with Gasteiger partial charge in [-0.05, 0) is 95.1 Å². The first-order chi connectivity index (χ1) is 40.4. The van der Waals surface area contributed by atoms with Gasteiger partial charge in [0, 0.05) is 106 Å². The zero-order valence-corrected chi connectivity index (χ0v) is 51.9. The molecule has 25 heteroatoms. The van der Waals surface area contributed by atoms with Gasteiger partial charge < -0.3 is 19.9 Å². The number of carbonyl (C=O) groups excluding carboxylic acids is 14. The number of hydrogen-bond acceptors (Lipinski definition) is 17. The maximum atomic E-state index is 12.0. The van der Waals surface area contributed by atoms with Crippen molar-refractivity contribution in [3.8, 4) is 0 Å². The Bertz CT molecular complexity index is 2690. The SMILES string of the molecule is CN1C(=O)C2C3C=CC(C3)C2C1=O.CN1C(=O)C2CC[C@@](C)(C1=O)C2(C)C.CN1C(=O)C=CC1=O.CN1C(=O)CCC1=O.CN1C(=O)CCCC1=O.CN1C(=O)CNC1=O.CN1C(=O)c2ccccc2C1=O.CN1CCCCC1.CN1CCOCC1. The van der Waals surface area contributed by atoms with Crippen LogP contribution in [0.2, 0.25) is 0 Å². The molecule has 9 aliphatic heterocycles. The summed E-state index contributed by atoms with van der Waals surface area (Å²) in [5.74, 6) is -0.536. The maximum Gasteiger partial charge on any atom is 0.324 e. The number of rotatable bonds is 0. The van der Waals surface area contributed by atoms with Crippen molar-refractivity contribution in [3.63, 3.8) is 0 Å². The topological polar surface area (TPSA) is 289 Å². The van der Waals surface area contributed by atoms with Gasteiger partial charge in [0.2, 0.25) is 53.2 Å². The minimum Gasteiger partial charge on any atom is -0.379 e. The molecule has 2 saturated carbocycles. The van der Waals surface area contributed by atoms with Crippen LogP contribution in [0.4, 0.5) is 4.79 Å². The third kappa shape index (κ3) is 16.1. The van der Waals surface area contributed by atoms with Gasteiger partial charge in [0.15, 0.2) is 0 Å². The van der Waals surface area contributed by atoms with Crippen molar-refractivity contribution in [1.29, 1.82) is 0 Å². The highest BCUT2D eigenvalue weighted by atomic mass is 16.5. The van der Waals surface area contributed by atoms with E-state index in [0.29, 0.717) is 48.6 Å². The molecular formula is C61H86N10O15. The Kier molecular flexibility index (Phi) is 24.2. The Morgan fingerprint density at radius 2 is 0.930 bits per heavy atom. The second-order valence-corrected chi connectivity index (χ2v) is 23.8. The minimum atomic E-state index is -0.333. The summed E-state index contributed by atoms with van der Waals surface area (Å²) < 4.78 is 5.10. The van der Waals surface area contributed by atoms with Gasteiger partial charge in [-0.3, -0.25) is 96.6 Å². The van der Waals surface area contributed by atoms with Gasteiger partial charge in [0.05, 0.1) is 48.1 Å². The summed E-state index contributed by atoms with van der Waals surface area (Å²) >= 11 is 0. The predicted molar refractivity (Wildman–Crippen MR) is 312 cm³/mol. The van der Waals surface area contributed by atoms with Crippen molar-refractivity contribution >= 4 is 82.8 Å². The summed E-state index contributed by atoms with van der Waals surface area (Å²) in [5.41, 5.74) is 0.503. The molecule has 3 aliphatic carbocycles. The number of carbonyl (C=O) groups is 14. The van der Waals surface area contributed by atoms with Crippen LogP contribution in [0.25, 0.3) is 0 Å². The summed E-state index contributed by atoms with van der Waals surface area (Å²) in [4.78, 5) is 167. The molecule has 25 nitrogen and oxygen atoms in total. The molecule has 15 amide bonds. The van der Waals surface area contributed by atoms with Gasteiger partial charge in [-0.25, -0.2) is 4.79 Å². The Labute approximate surface area is 503 Å². The van der Waals surface area contributed by atoms with E-state index in [-0.39, 0.29) is 118 Å². The molecule has 1 aromatic carbocycles. The van der Waals surface area contributed by atoms with Gasteiger partial charge in [-0.1, -0.05) is 51.5 Å². The third-order valence-corrected chi connectivity index (χ3v) is 18.1. The van der Waals surface area contributed by atoms with E-state index < -0.39 is 0 Å². The number of morpholine rings is 1. The summed E-state index contributed by atoms with van der Waals surface area (Å²) in [5, 5.41) is 2.36. The molecule has 0 spiro atoms. The number of amides is 15. The van der Waals surface area contributed by atoms with Gasteiger partial charge in [0.1, 0.15) is 0 Å². The van der Waals surface area contributed by atoms with Crippen molar-refractivity contribution in [2.75, 3.05) is 109 Å². The van der Waals surface area contributed by atoms with E-state index >= 15 is 0 Å². The molecule has 7 saturated heterocycles. The molecule has 1 aromatic rings. The molecule has 9 heterocycles. The average molecular weight is 1200 g/mol. The molecule has 86 heavy (non-hydrogen) atoms. The summed E-state index contributed by atoms with van der Waals surface area (Å²) in [6.45, 7) is 12.9. The first kappa shape index (κ1) is 69.1. The fraction of sp³-hybridized carbons (Fsp3) is 0.607. The number of likely N-dealkylation sites (tertiary alicyclic amines) is 5. The van der Waals surface area contributed by atoms with Crippen molar-refractivity contribution in [3.05, 3.63) is 59.7 Å². The molecule has 4 bridgehead atoms. The average Bonchev–Trinajstić information content (AvgIpc) is 1.68. The monoisotopic (exact) mass is 1200 g/mol. The third-order valence-electron chi connectivity index (χ3n) is 18.1. The van der Waals surface area contributed by atoms with Crippen LogP contribution in [0, 0.1) is 40.4 Å². The lowest BCUT2D eigenvalue weighted by Crippen LogP contribution is -2.57. The largest absolute Gasteiger partial charge is 0.379 e. The van der Waals surface area contributed by atoms with Gasteiger partial charge in [-0.2, -0.15) is 0 Å². The molecule has 0 aromatic heterocycles. The number of hydrogen-bond donors (Lipinski definition) is 1. The number of fused-ring (bicyclic) bond motifs is 8. The second-order valence-electron chi connectivity index (χ2n) is 23.8. The zero-order valence-electron chi connectivity index (χ0n) is 51.9. The molecule has 12 aliphatic rings. The standard InChI is InChI=1S/C11H17NO2.C10H11NO2.C9H7NO2.C6H9NO2.C6H13N.C5H7NO2.C5H5NO2.C5H11NO.C4H6N2O2/c1-10(2)7-5-6-11(10,3)9(14)12(4)8(7)13;1-11-9(12)7-5-2-3-6(4-5)8(7)10(11)13;1-10-8(11)6-4-2-3-5-7(6)9(10)12;1-7-5(8)3-2-4-6(7)9;1-7-5-3-2-4-6-7;2*1-6-4(7)2-3-5(6)8;1-6-2-4-7-5-3-6;1-6-3(7)2-5-4(6)8/h7H,5-6H2,1-4H3;2-3,5-8H,4H2,1H3;2-5H,1H3;2-4H2,1H3;2-6H2,1H3;2-3H2,1H3;2-3H,1H3;2-5H2,1H3;2H2,1H3,(H,5,8)/t7?,11-;;;;;;;;/m0......../s1. The second kappa shape index (κ2) is 30.1. The van der Waals surface area contributed by atoms with Crippen LogP contribution in [0.5, 0.6) is 0 Å². The Balaban J connectivity index is 0.000000179. The van der Waals surface area contributed by atoms with E-state index in [1.165, 1.54) is 99.3 Å². The molecule has 0 radical (unpaired) electrons. The van der Waals surface area contributed by atoms with E-state index in [9.17, 15) is 67.1 Å². The number of nitrogens with zero attached hydrogens (tertiary/aromatic N) is 9. The normalized spacial score (nSPS) is 27.4. The molecule has 6 atom stereocenters. The van der Waals surface area contributed by atoms with Crippen LogP contribution in [0.3, 0.4) is 0 Å². The number of piperidine rings is 3. The highest BCUT2D eigenvalue weighted by Gasteiger charge is 2.63. The van der Waals surface area contributed by atoms with Crippen molar-refractivity contribution in [2.45, 2.75) is 91.4 Å². The molecule has 1 N–H and O–H groups in total. The molecular weight excluding hydrogens is 1110 g/mol. The van der Waals surface area contributed by atoms with Crippen LogP contribution < -0.4 is 5.32 Å². The lowest BCUT2D eigenvalue weighted by molar-refractivity contribution is -0.166. The van der Waals surface area contributed by atoms with Crippen molar-refractivity contribution < 1.29 is 71.9 Å². The number of imide groups is 7. The van der Waals surface area contributed by atoms with E-state index in [1.54, 1.807) is 38.4 Å². The zero-order chi connectivity index (χ0) is 64.1. The highest BCUT2D eigenvalue weighted by Crippen LogP contribution is 2.59. The van der Waals surface area contributed by atoms with Crippen molar-refractivity contribution in [2.24, 2.45) is 40.4 Å². The number of likely N-dealkylation sites (N-methyl/N-ethyl adjacent to an activating group) is 3. The van der Waals surface area contributed by atoms with E-state index in [4.69, 9.17) is 4.74 Å². The van der Waals surface area contributed by atoms with E-state index in [2.05, 4.69) is 41.4 Å². The molecule has 470 valence electrons. The summed E-state index contributed by atoms with van der Waals surface area (Å²) in [6.07, 6.45) is 16.3. The number of allylic oxidation sites excluding steroid dienone is 2. The van der Waals surface area contributed by atoms with Crippen LogP contribution in [-0.4, -0.2) is 236 Å². The Hall–Kier alpha value is -7.64. The number of urea groups is 1. The highest BCUT2D eigenvalue weighted by molar-refractivity contribution is 6.21. The quantitative estimate of drug-likeness (QED) is 0.222. The van der Waals surface area contributed by atoms with Gasteiger partial charge >= 0.3 is 6.03 Å². The summed E-state index contributed by atoms with van der Waals surface area (Å²) in [6, 6.07) is 6.53. The van der Waals surface area contributed by atoms with Crippen LogP contribution >= 0.6 is 0 Å². The Morgan fingerprint density at radius 3 is 1.27 bits per heavy atom. The van der Waals surface area contributed by atoms with Crippen LogP contribution in [0.1, 0.15) is 112 Å². The predicted octanol–water partition coefficient (Wildman–Crippen LogP) is 2.44. The van der Waals surface area contributed by atoms with Crippen LogP contribution in [0.15, 0.2) is 48.6 Å². The van der Waals surface area contributed by atoms with E-state index in [0.717, 1.165) is 66.7 Å². The maximum absolute atomic E-state index is 12.0. The lowest BCUT2D eigenvalue weighted by atomic mass is 9.62. The van der Waals surface area contributed by atoms with E-state index in [1.807, 2.05) is 20.8 Å². The fourth-order valence-electron chi connectivity index (χ4n) is 11.6. The smallest absolute Gasteiger partial charge is 0.324 e.